The molecule has 4 aliphatic rings. The van der Waals surface area contributed by atoms with Crippen LogP contribution in [0.3, 0.4) is 0 Å². The van der Waals surface area contributed by atoms with Gasteiger partial charge in [-0.25, -0.2) is 0 Å². The molecule has 4 atom stereocenters. The number of benzene rings is 5. The smallest absolute Gasteiger partial charge is 0.0506 e. The van der Waals surface area contributed by atoms with E-state index in [0.717, 1.165) is 0 Å². The highest BCUT2D eigenvalue weighted by molar-refractivity contribution is 5.90. The molecule has 0 nitrogen and oxygen atoms in total. The van der Waals surface area contributed by atoms with Gasteiger partial charge in [-0.15, -0.1) is 0 Å². The maximum Gasteiger partial charge on any atom is 0.0506 e. The number of rotatable bonds is 0. The van der Waals surface area contributed by atoms with E-state index in [-0.39, 0.29) is 5.41 Å². The van der Waals surface area contributed by atoms with E-state index in [2.05, 4.69) is 109 Å². The summed E-state index contributed by atoms with van der Waals surface area (Å²) >= 11 is 0. The van der Waals surface area contributed by atoms with E-state index in [1.165, 1.54) is 39.4 Å². The zero-order chi connectivity index (χ0) is 22.0. The van der Waals surface area contributed by atoms with Gasteiger partial charge in [0.1, 0.15) is 0 Å². The zero-order valence-electron chi connectivity index (χ0n) is 18.9. The first-order valence-corrected chi connectivity index (χ1v) is 12.7. The molecule has 0 saturated heterocycles. The van der Waals surface area contributed by atoms with E-state index in [9.17, 15) is 0 Å². The van der Waals surface area contributed by atoms with Gasteiger partial charge in [0.2, 0.25) is 0 Å². The molecule has 0 aliphatic heterocycles. The molecule has 1 saturated carbocycles. The van der Waals surface area contributed by atoms with Crippen LogP contribution in [0.4, 0.5) is 0 Å². The van der Waals surface area contributed by atoms with Gasteiger partial charge in [-0.1, -0.05) is 109 Å². The molecule has 0 radical (unpaired) electrons. The minimum absolute atomic E-state index is 0.0475. The fourth-order valence-corrected chi connectivity index (χ4v) is 8.85. The lowest BCUT2D eigenvalue weighted by molar-refractivity contribution is 0.0902. The lowest BCUT2D eigenvalue weighted by atomic mass is 9.49. The SMILES string of the molecule is c1ccc2c(c1)-c1ccccc1C21c2ccccc2C2[C@@H]1[C@H]1c3c(ccc4ccccc34)C[C@@H]21. The standard InChI is InChI=1S/C34H24/c1-2-10-22-20(9-1)17-18-21-19-26-31-25-13-5-8-16-29(25)34(33(31)32(26)30(21)22)27-14-6-3-11-23(27)24-12-4-7-15-28(24)34/h1-18,26,31-33H,19H2/t26-,31?,32+,33+/m0/s1. The highest BCUT2D eigenvalue weighted by Crippen LogP contribution is 2.77. The average molecular weight is 433 g/mol. The summed E-state index contributed by atoms with van der Waals surface area (Å²) in [7, 11) is 0. The maximum atomic E-state index is 2.45. The van der Waals surface area contributed by atoms with Gasteiger partial charge in [0.15, 0.2) is 0 Å². The lowest BCUT2D eigenvalue weighted by Gasteiger charge is -2.53. The van der Waals surface area contributed by atoms with Crippen LogP contribution in [0.2, 0.25) is 0 Å². The second-order valence-corrected chi connectivity index (χ2v) is 10.8. The Morgan fingerprint density at radius 1 is 0.559 bits per heavy atom. The number of hydrogen-bond donors (Lipinski definition) is 0. The third-order valence-electron chi connectivity index (χ3n) is 9.78. The van der Waals surface area contributed by atoms with Crippen LogP contribution >= 0.6 is 0 Å². The Kier molecular flexibility index (Phi) is 3.08. The monoisotopic (exact) mass is 432 g/mol. The topological polar surface area (TPSA) is 0 Å². The highest BCUT2D eigenvalue weighted by atomic mass is 14.7. The quantitative estimate of drug-likeness (QED) is 0.234. The Labute approximate surface area is 199 Å². The first kappa shape index (κ1) is 17.8. The summed E-state index contributed by atoms with van der Waals surface area (Å²) in [5, 5.41) is 2.87. The van der Waals surface area contributed by atoms with Crippen molar-refractivity contribution in [2.45, 2.75) is 23.7 Å². The molecule has 34 heavy (non-hydrogen) atoms. The molecule has 1 fully saturated rings. The van der Waals surface area contributed by atoms with Crippen LogP contribution in [0.5, 0.6) is 0 Å². The van der Waals surface area contributed by atoms with Crippen LogP contribution < -0.4 is 0 Å². The van der Waals surface area contributed by atoms with E-state index < -0.39 is 0 Å². The summed E-state index contributed by atoms with van der Waals surface area (Å²) < 4.78 is 0. The molecule has 0 heterocycles. The third-order valence-corrected chi connectivity index (χ3v) is 9.78. The van der Waals surface area contributed by atoms with Crippen LogP contribution in [0, 0.1) is 11.8 Å². The van der Waals surface area contributed by atoms with E-state index in [1.807, 2.05) is 0 Å². The van der Waals surface area contributed by atoms with Crippen molar-refractivity contribution >= 4 is 10.8 Å². The normalized spacial score (nSPS) is 25.8. The summed E-state index contributed by atoms with van der Waals surface area (Å²) in [6, 6.07) is 41.8. The van der Waals surface area contributed by atoms with E-state index in [4.69, 9.17) is 0 Å². The minimum Gasteiger partial charge on any atom is -0.0620 e. The molecule has 9 rings (SSSR count). The average Bonchev–Trinajstić information content (AvgIpc) is 3.46. The first-order chi connectivity index (χ1) is 16.9. The maximum absolute atomic E-state index is 2.45. The van der Waals surface area contributed by atoms with Gasteiger partial charge in [0, 0.05) is 0 Å². The summed E-state index contributed by atoms with van der Waals surface area (Å²) in [5.74, 6) is 2.53. The second-order valence-electron chi connectivity index (χ2n) is 10.8. The zero-order valence-corrected chi connectivity index (χ0v) is 18.9. The van der Waals surface area contributed by atoms with E-state index in [1.54, 1.807) is 22.3 Å². The Morgan fingerprint density at radius 3 is 2.00 bits per heavy atom. The van der Waals surface area contributed by atoms with Gasteiger partial charge < -0.3 is 0 Å². The molecular formula is C34H24. The van der Waals surface area contributed by atoms with Gasteiger partial charge in [-0.3, -0.25) is 0 Å². The molecule has 1 spiro atoms. The Bertz CT molecular complexity index is 1630. The fraction of sp³-hybridized carbons (Fsp3) is 0.176. The summed E-state index contributed by atoms with van der Waals surface area (Å²) in [6.45, 7) is 0. The van der Waals surface area contributed by atoms with Crippen LogP contribution in [0.15, 0.2) is 109 Å². The van der Waals surface area contributed by atoms with Crippen LogP contribution in [-0.4, -0.2) is 0 Å². The largest absolute Gasteiger partial charge is 0.0620 e. The highest BCUT2D eigenvalue weighted by Gasteiger charge is 2.69. The minimum atomic E-state index is -0.0475. The van der Waals surface area contributed by atoms with Gasteiger partial charge in [0.25, 0.3) is 0 Å². The number of fused-ring (bicyclic) bond motifs is 17. The second kappa shape index (κ2) is 5.88. The van der Waals surface area contributed by atoms with Gasteiger partial charge in [0.05, 0.1) is 5.41 Å². The van der Waals surface area contributed by atoms with Crippen molar-refractivity contribution in [3.05, 3.63) is 143 Å². The van der Waals surface area contributed by atoms with Crippen molar-refractivity contribution in [1.29, 1.82) is 0 Å². The molecule has 160 valence electrons. The lowest BCUT2D eigenvalue weighted by Crippen LogP contribution is -2.48. The molecule has 0 heteroatoms. The third kappa shape index (κ3) is 1.78. The molecule has 1 unspecified atom stereocenters. The van der Waals surface area contributed by atoms with Crippen molar-refractivity contribution in [2.75, 3.05) is 0 Å². The van der Waals surface area contributed by atoms with Crippen LogP contribution in [0.25, 0.3) is 21.9 Å². The van der Waals surface area contributed by atoms with Gasteiger partial charge >= 0.3 is 0 Å². The van der Waals surface area contributed by atoms with Crippen molar-refractivity contribution < 1.29 is 0 Å². The van der Waals surface area contributed by atoms with Crippen molar-refractivity contribution in [1.82, 2.24) is 0 Å². The van der Waals surface area contributed by atoms with Crippen LogP contribution in [0.1, 0.15) is 45.2 Å². The number of hydrogen-bond acceptors (Lipinski definition) is 0. The molecule has 4 aliphatic carbocycles. The predicted octanol–water partition coefficient (Wildman–Crippen LogP) is 7.84. The Morgan fingerprint density at radius 2 is 1.21 bits per heavy atom. The Balaban J connectivity index is 1.40. The van der Waals surface area contributed by atoms with Crippen molar-refractivity contribution in [3.8, 4) is 11.1 Å². The molecular weight excluding hydrogens is 408 g/mol. The van der Waals surface area contributed by atoms with Crippen molar-refractivity contribution in [2.24, 2.45) is 11.8 Å². The first-order valence-electron chi connectivity index (χ1n) is 12.7. The van der Waals surface area contributed by atoms with Crippen molar-refractivity contribution in [3.63, 3.8) is 0 Å². The predicted molar refractivity (Wildman–Crippen MR) is 138 cm³/mol. The van der Waals surface area contributed by atoms with E-state index >= 15 is 0 Å². The molecule has 0 N–H and O–H groups in total. The molecule has 5 aromatic rings. The molecule has 0 bridgehead atoms. The summed E-state index contributed by atoms with van der Waals surface area (Å²) in [4.78, 5) is 0. The van der Waals surface area contributed by atoms with Gasteiger partial charge in [-0.05, 0) is 85.4 Å². The summed E-state index contributed by atoms with van der Waals surface area (Å²) in [5.41, 5.74) is 12.3. The van der Waals surface area contributed by atoms with Crippen LogP contribution in [-0.2, 0) is 11.8 Å². The summed E-state index contributed by atoms with van der Waals surface area (Å²) in [6.07, 6.45) is 1.22. The molecule has 5 aromatic carbocycles. The fourth-order valence-electron chi connectivity index (χ4n) is 8.85. The van der Waals surface area contributed by atoms with Gasteiger partial charge in [-0.2, -0.15) is 0 Å². The molecule has 0 amide bonds. The molecule has 0 aromatic heterocycles. The Hall–Kier alpha value is -3.64. The van der Waals surface area contributed by atoms with E-state index in [0.29, 0.717) is 23.7 Å².